The summed E-state index contributed by atoms with van der Waals surface area (Å²) in [6, 6.07) is 14.1. The van der Waals surface area contributed by atoms with Crippen molar-refractivity contribution in [2.75, 3.05) is 13.6 Å². The number of hydrogen-bond donors (Lipinski definition) is 1. The Kier molecular flexibility index (Phi) is 5.99. The van der Waals surface area contributed by atoms with Crippen LogP contribution in [0.3, 0.4) is 0 Å². The first-order valence-corrected chi connectivity index (χ1v) is 10.8. The zero-order valence-electron chi connectivity index (χ0n) is 16.9. The van der Waals surface area contributed by atoms with Crippen LogP contribution >= 0.6 is 0 Å². The maximum Gasteiger partial charge on any atom is 0.243 e. The second kappa shape index (κ2) is 8.30. The molecule has 0 aliphatic heterocycles. The number of likely N-dealkylation sites (N-methyl/N-ethyl adjacent to an activating group) is 1. The number of hydrogen-bond acceptors (Lipinski definition) is 5. The van der Waals surface area contributed by atoms with Crippen molar-refractivity contribution in [3.63, 3.8) is 0 Å². The molecule has 0 bridgehead atoms. The third-order valence-corrected chi connectivity index (χ3v) is 6.48. The highest BCUT2D eigenvalue weighted by Gasteiger charge is 2.24. The first kappa shape index (κ1) is 20.9. The van der Waals surface area contributed by atoms with Crippen LogP contribution < -0.4 is 5.32 Å². The summed E-state index contributed by atoms with van der Waals surface area (Å²) in [5.41, 5.74) is 2.21. The zero-order chi connectivity index (χ0) is 21.2. The molecular formula is C20H25N5O3S. The minimum Gasteiger partial charge on any atom is -0.348 e. The number of fused-ring (bicyclic) bond motifs is 1. The summed E-state index contributed by atoms with van der Waals surface area (Å²) in [6.07, 6.45) is 0. The van der Waals surface area contributed by atoms with E-state index in [1.165, 1.54) is 19.2 Å². The van der Waals surface area contributed by atoms with Crippen molar-refractivity contribution >= 4 is 27.0 Å². The quantitative estimate of drug-likeness (QED) is 0.639. The molecule has 0 radical (unpaired) electrons. The summed E-state index contributed by atoms with van der Waals surface area (Å²) in [5.74, 6) is -0.376. The Bertz CT molecular complexity index is 1110. The zero-order valence-corrected chi connectivity index (χ0v) is 17.7. The second-order valence-corrected chi connectivity index (χ2v) is 9.28. The average molecular weight is 416 g/mol. The molecule has 0 spiro atoms. The van der Waals surface area contributed by atoms with E-state index in [9.17, 15) is 13.2 Å². The van der Waals surface area contributed by atoms with Gasteiger partial charge in [0, 0.05) is 13.1 Å². The number of carbonyl (C=O) groups excluding carboxylic acids is 1. The Morgan fingerprint density at radius 1 is 1.14 bits per heavy atom. The van der Waals surface area contributed by atoms with E-state index in [0.29, 0.717) is 5.52 Å². The Balaban J connectivity index is 1.73. The van der Waals surface area contributed by atoms with Crippen molar-refractivity contribution in [2.45, 2.75) is 37.8 Å². The van der Waals surface area contributed by atoms with E-state index in [1.54, 1.807) is 10.7 Å². The van der Waals surface area contributed by atoms with Crippen LogP contribution in [0.1, 0.15) is 38.4 Å². The van der Waals surface area contributed by atoms with Crippen molar-refractivity contribution in [2.24, 2.45) is 0 Å². The normalized spacial score (nSPS) is 13.2. The molecule has 1 N–H and O–H groups in total. The minimum atomic E-state index is -3.84. The maximum atomic E-state index is 12.9. The highest BCUT2D eigenvalue weighted by atomic mass is 32.2. The predicted octanol–water partition coefficient (Wildman–Crippen LogP) is 2.51. The first-order chi connectivity index (χ1) is 13.7. The molecule has 0 saturated heterocycles. The summed E-state index contributed by atoms with van der Waals surface area (Å²) in [7, 11) is -2.46. The fourth-order valence-corrected chi connectivity index (χ4v) is 4.19. The van der Waals surface area contributed by atoms with Crippen molar-refractivity contribution in [3.05, 3.63) is 54.1 Å². The molecule has 0 fully saturated rings. The van der Waals surface area contributed by atoms with Crippen LogP contribution in [0, 0.1) is 0 Å². The van der Waals surface area contributed by atoms with Gasteiger partial charge in [-0.2, -0.15) is 4.31 Å². The molecule has 0 aliphatic carbocycles. The lowest BCUT2D eigenvalue weighted by Crippen LogP contribution is -2.39. The first-order valence-electron chi connectivity index (χ1n) is 9.35. The monoisotopic (exact) mass is 415 g/mol. The largest absolute Gasteiger partial charge is 0.348 e. The number of nitrogens with one attached hydrogen (secondary N) is 1. The van der Waals surface area contributed by atoms with Gasteiger partial charge in [0.1, 0.15) is 5.52 Å². The van der Waals surface area contributed by atoms with Crippen LogP contribution in [0.15, 0.2) is 53.4 Å². The molecule has 0 saturated carbocycles. The topological polar surface area (TPSA) is 97.2 Å². The predicted molar refractivity (Wildman–Crippen MR) is 111 cm³/mol. The van der Waals surface area contributed by atoms with Gasteiger partial charge in [-0.05, 0) is 44.5 Å². The lowest BCUT2D eigenvalue weighted by molar-refractivity contribution is -0.121. The van der Waals surface area contributed by atoms with Gasteiger partial charge in [-0.1, -0.05) is 35.5 Å². The Morgan fingerprint density at radius 2 is 1.83 bits per heavy atom. The van der Waals surface area contributed by atoms with Gasteiger partial charge in [0.15, 0.2) is 0 Å². The molecule has 3 rings (SSSR count). The van der Waals surface area contributed by atoms with Gasteiger partial charge in [0.2, 0.25) is 15.9 Å². The molecule has 1 atom stereocenters. The molecule has 1 unspecified atom stereocenters. The molecular weight excluding hydrogens is 390 g/mol. The number of nitrogens with zero attached hydrogens (tertiary/aromatic N) is 4. The van der Waals surface area contributed by atoms with E-state index in [4.69, 9.17) is 0 Å². The molecule has 1 aromatic heterocycles. The maximum absolute atomic E-state index is 12.9. The van der Waals surface area contributed by atoms with Crippen molar-refractivity contribution < 1.29 is 13.2 Å². The highest BCUT2D eigenvalue weighted by Crippen LogP contribution is 2.21. The fourth-order valence-electron chi connectivity index (χ4n) is 3.04. The van der Waals surface area contributed by atoms with Crippen LogP contribution in [0.4, 0.5) is 0 Å². The second-order valence-electron chi connectivity index (χ2n) is 7.24. The SMILES string of the molecule is CC(NC(=O)CN(C)S(=O)(=O)c1ccc2c(c1)nnn2C(C)C)c1ccccc1. The van der Waals surface area contributed by atoms with E-state index in [2.05, 4.69) is 15.6 Å². The summed E-state index contributed by atoms with van der Waals surface area (Å²) < 4.78 is 28.6. The van der Waals surface area contributed by atoms with Gasteiger partial charge in [0.05, 0.1) is 23.0 Å². The van der Waals surface area contributed by atoms with Crippen LogP contribution in [-0.4, -0.2) is 47.2 Å². The number of rotatable bonds is 7. The van der Waals surface area contributed by atoms with E-state index in [1.807, 2.05) is 51.1 Å². The highest BCUT2D eigenvalue weighted by molar-refractivity contribution is 7.89. The fraction of sp³-hybridized carbons (Fsp3) is 0.350. The van der Waals surface area contributed by atoms with Gasteiger partial charge in [-0.3, -0.25) is 4.79 Å². The van der Waals surface area contributed by atoms with E-state index in [0.717, 1.165) is 15.4 Å². The summed E-state index contributed by atoms with van der Waals surface area (Å²) >= 11 is 0. The lowest BCUT2D eigenvalue weighted by atomic mass is 10.1. The number of amides is 1. The molecule has 1 heterocycles. The van der Waals surface area contributed by atoms with Crippen LogP contribution in [-0.2, 0) is 14.8 Å². The summed E-state index contributed by atoms with van der Waals surface area (Å²) in [6.45, 7) is 5.52. The van der Waals surface area contributed by atoms with Crippen molar-refractivity contribution in [3.8, 4) is 0 Å². The third-order valence-electron chi connectivity index (χ3n) is 4.68. The van der Waals surface area contributed by atoms with Crippen LogP contribution in [0.25, 0.3) is 11.0 Å². The van der Waals surface area contributed by atoms with E-state index < -0.39 is 10.0 Å². The summed E-state index contributed by atoms with van der Waals surface area (Å²) in [5, 5.41) is 11.0. The smallest absolute Gasteiger partial charge is 0.243 e. The van der Waals surface area contributed by atoms with E-state index >= 15 is 0 Å². The number of aromatic nitrogens is 3. The number of benzene rings is 2. The Labute approximate surface area is 170 Å². The Hall–Kier alpha value is -2.78. The molecule has 154 valence electrons. The van der Waals surface area contributed by atoms with E-state index in [-0.39, 0.29) is 29.4 Å². The molecule has 29 heavy (non-hydrogen) atoms. The molecule has 3 aromatic rings. The van der Waals surface area contributed by atoms with Gasteiger partial charge >= 0.3 is 0 Å². The molecule has 9 heteroatoms. The molecule has 8 nitrogen and oxygen atoms in total. The van der Waals surface area contributed by atoms with Crippen LogP contribution in [0.2, 0.25) is 0 Å². The number of sulfonamides is 1. The minimum absolute atomic E-state index is 0.0761. The standard InChI is InChI=1S/C20H25N5O3S/c1-14(2)25-19-11-10-17(12-18(19)22-23-25)29(27,28)24(4)13-20(26)21-15(3)16-8-6-5-7-9-16/h5-12,14-15H,13H2,1-4H3,(H,21,26). The van der Waals surface area contributed by atoms with Gasteiger partial charge in [0.25, 0.3) is 0 Å². The molecule has 1 amide bonds. The lowest BCUT2D eigenvalue weighted by Gasteiger charge is -2.19. The van der Waals surface area contributed by atoms with Crippen molar-refractivity contribution in [1.82, 2.24) is 24.6 Å². The number of carbonyl (C=O) groups is 1. The van der Waals surface area contributed by atoms with Crippen molar-refractivity contribution in [1.29, 1.82) is 0 Å². The Morgan fingerprint density at radius 3 is 2.48 bits per heavy atom. The molecule has 2 aromatic carbocycles. The van der Waals surface area contributed by atoms with Gasteiger partial charge in [-0.15, -0.1) is 5.10 Å². The van der Waals surface area contributed by atoms with Crippen LogP contribution in [0.5, 0.6) is 0 Å². The molecule has 0 aliphatic rings. The average Bonchev–Trinajstić information content (AvgIpc) is 3.12. The van der Waals surface area contributed by atoms with Gasteiger partial charge < -0.3 is 5.32 Å². The third kappa shape index (κ3) is 4.46. The summed E-state index contributed by atoms with van der Waals surface area (Å²) in [4.78, 5) is 12.4. The van der Waals surface area contributed by atoms with Gasteiger partial charge in [-0.25, -0.2) is 13.1 Å².